The lowest BCUT2D eigenvalue weighted by molar-refractivity contribution is -0.141. The van der Waals surface area contributed by atoms with E-state index in [2.05, 4.69) is 15.6 Å². The van der Waals surface area contributed by atoms with Gasteiger partial charge in [0, 0.05) is 19.3 Å². The van der Waals surface area contributed by atoms with Crippen LogP contribution in [0.4, 0.5) is 17.6 Å². The number of carbonyl (C=O) groups excluding carboxylic acids is 1. The number of aromatic nitrogens is 1. The monoisotopic (exact) mass is 509 g/mol. The van der Waals surface area contributed by atoms with Gasteiger partial charge < -0.3 is 10.1 Å². The first-order valence-electron chi connectivity index (χ1n) is 10.7. The molecule has 1 unspecified atom stereocenters. The highest BCUT2D eigenvalue weighted by Gasteiger charge is 2.32. The van der Waals surface area contributed by atoms with E-state index in [1.807, 2.05) is 0 Å². The zero-order valence-corrected chi connectivity index (χ0v) is 19.8. The van der Waals surface area contributed by atoms with Crippen molar-refractivity contribution >= 4 is 17.5 Å². The molecule has 186 valence electrons. The zero-order chi connectivity index (χ0) is 25.6. The van der Waals surface area contributed by atoms with Crippen molar-refractivity contribution in [1.29, 1.82) is 0 Å². The van der Waals surface area contributed by atoms with Crippen molar-refractivity contribution in [2.75, 3.05) is 14.2 Å². The Labute approximate surface area is 205 Å². The summed E-state index contributed by atoms with van der Waals surface area (Å²) in [6, 6.07) is 11.8. The SMILES string of the molecule is CNC(=O)[C@H](NC(CCc1ccc(C(F)(F)F)nc1)c1ccc(Cl)c(OC)c1)c1ccc(F)cc1. The molecular formula is C25H24ClF4N3O2. The van der Waals surface area contributed by atoms with Gasteiger partial charge >= 0.3 is 6.18 Å². The van der Waals surface area contributed by atoms with Crippen molar-refractivity contribution in [3.63, 3.8) is 0 Å². The van der Waals surface area contributed by atoms with E-state index in [-0.39, 0.29) is 5.91 Å². The standard InChI is InChI=1S/C25H24ClF4N3O2/c1-31-24(34)23(16-5-8-18(27)9-6-16)33-20(17-7-10-19(26)21(13-17)35-2)11-3-15-4-12-22(32-14-15)25(28,29)30/h4-10,12-14,20,23,33H,3,11H2,1-2H3,(H,31,34)/t20?,23-/m1/s1. The minimum Gasteiger partial charge on any atom is -0.495 e. The summed E-state index contributed by atoms with van der Waals surface area (Å²) in [5, 5.41) is 6.31. The van der Waals surface area contributed by atoms with Gasteiger partial charge in [0.2, 0.25) is 5.91 Å². The number of aryl methyl sites for hydroxylation is 1. The third kappa shape index (κ3) is 6.93. The number of carbonyl (C=O) groups is 1. The molecule has 0 spiro atoms. The van der Waals surface area contributed by atoms with Crippen LogP contribution >= 0.6 is 11.6 Å². The van der Waals surface area contributed by atoms with Gasteiger partial charge in [0.1, 0.15) is 23.3 Å². The van der Waals surface area contributed by atoms with Crippen LogP contribution in [0.5, 0.6) is 5.75 Å². The average Bonchev–Trinajstić information content (AvgIpc) is 2.84. The van der Waals surface area contributed by atoms with Crippen LogP contribution in [-0.2, 0) is 17.4 Å². The number of halogens is 5. The first kappa shape index (κ1) is 26.4. The molecule has 1 aromatic heterocycles. The average molecular weight is 510 g/mol. The molecule has 3 aromatic rings. The third-order valence-corrected chi connectivity index (χ3v) is 5.81. The molecule has 0 aliphatic carbocycles. The highest BCUT2D eigenvalue weighted by molar-refractivity contribution is 6.32. The van der Waals surface area contributed by atoms with Crippen LogP contribution in [0.3, 0.4) is 0 Å². The van der Waals surface area contributed by atoms with Gasteiger partial charge in [0.05, 0.1) is 12.1 Å². The van der Waals surface area contributed by atoms with Gasteiger partial charge in [-0.1, -0.05) is 35.9 Å². The van der Waals surface area contributed by atoms with Gasteiger partial charge in [-0.2, -0.15) is 13.2 Å². The lowest BCUT2D eigenvalue weighted by atomic mass is 9.96. The van der Waals surface area contributed by atoms with Crippen molar-refractivity contribution in [3.05, 3.63) is 94.0 Å². The molecule has 0 saturated carbocycles. The summed E-state index contributed by atoms with van der Waals surface area (Å²) < 4.78 is 57.3. The van der Waals surface area contributed by atoms with Crippen molar-refractivity contribution in [2.45, 2.75) is 31.1 Å². The van der Waals surface area contributed by atoms with Crippen LogP contribution in [0, 0.1) is 5.82 Å². The molecule has 0 fully saturated rings. The molecule has 3 rings (SSSR count). The fourth-order valence-corrected chi connectivity index (χ4v) is 3.81. The number of hydrogen-bond donors (Lipinski definition) is 2. The summed E-state index contributed by atoms with van der Waals surface area (Å²) in [4.78, 5) is 16.2. The molecule has 0 bridgehead atoms. The number of methoxy groups -OCH3 is 1. The van der Waals surface area contributed by atoms with Gasteiger partial charge in [0.15, 0.2) is 0 Å². The number of amides is 1. The normalized spacial score (nSPS) is 13.2. The van der Waals surface area contributed by atoms with Crippen LogP contribution < -0.4 is 15.4 Å². The number of nitrogens with zero attached hydrogens (tertiary/aromatic N) is 1. The largest absolute Gasteiger partial charge is 0.495 e. The number of hydrogen-bond acceptors (Lipinski definition) is 4. The maximum atomic E-state index is 13.5. The summed E-state index contributed by atoms with van der Waals surface area (Å²) in [6.07, 6.45) is -2.54. The van der Waals surface area contributed by atoms with Crippen LogP contribution in [0.2, 0.25) is 5.02 Å². The number of likely N-dealkylation sites (N-methyl/N-ethyl adjacent to an activating group) is 1. The van der Waals surface area contributed by atoms with E-state index < -0.39 is 29.8 Å². The first-order chi connectivity index (χ1) is 16.6. The maximum absolute atomic E-state index is 13.5. The van der Waals surface area contributed by atoms with Crippen molar-refractivity contribution in [1.82, 2.24) is 15.6 Å². The molecule has 0 radical (unpaired) electrons. The van der Waals surface area contributed by atoms with Crippen molar-refractivity contribution < 1.29 is 27.1 Å². The Bertz CT molecular complexity index is 1140. The number of nitrogens with one attached hydrogen (secondary N) is 2. The topological polar surface area (TPSA) is 63.2 Å². The van der Waals surface area contributed by atoms with Crippen molar-refractivity contribution in [2.24, 2.45) is 0 Å². The van der Waals surface area contributed by atoms with Crippen LogP contribution in [0.15, 0.2) is 60.8 Å². The maximum Gasteiger partial charge on any atom is 0.433 e. The second-order valence-corrected chi connectivity index (χ2v) is 8.21. The van der Waals surface area contributed by atoms with E-state index in [9.17, 15) is 22.4 Å². The fraction of sp³-hybridized carbons (Fsp3) is 0.280. The highest BCUT2D eigenvalue weighted by atomic mass is 35.5. The number of benzene rings is 2. The zero-order valence-electron chi connectivity index (χ0n) is 19.0. The molecule has 10 heteroatoms. The predicted octanol–water partition coefficient (Wildman–Crippen LogP) is 5.65. The Hall–Kier alpha value is -3.17. The minimum atomic E-state index is -4.52. The van der Waals surface area contributed by atoms with Crippen LogP contribution in [0.1, 0.15) is 40.9 Å². The van der Waals surface area contributed by atoms with Crippen molar-refractivity contribution in [3.8, 4) is 5.75 Å². The van der Waals surface area contributed by atoms with Crippen LogP contribution in [-0.4, -0.2) is 25.0 Å². The molecule has 0 aliphatic heterocycles. The Morgan fingerprint density at radius 3 is 2.34 bits per heavy atom. The Kier molecular flexibility index (Phi) is 8.69. The number of rotatable bonds is 9. The summed E-state index contributed by atoms with van der Waals surface area (Å²) in [5.41, 5.74) is 0.938. The molecule has 2 N–H and O–H groups in total. The van der Waals surface area contributed by atoms with Crippen LogP contribution in [0.25, 0.3) is 0 Å². The first-order valence-corrected chi connectivity index (χ1v) is 11.1. The molecule has 5 nitrogen and oxygen atoms in total. The molecule has 2 aromatic carbocycles. The van der Waals surface area contributed by atoms with Gasteiger partial charge in [-0.05, 0) is 59.9 Å². The predicted molar refractivity (Wildman–Crippen MR) is 125 cm³/mol. The molecule has 0 aliphatic rings. The third-order valence-electron chi connectivity index (χ3n) is 5.49. The van der Waals surface area contributed by atoms with E-state index in [1.54, 1.807) is 18.2 Å². The summed E-state index contributed by atoms with van der Waals surface area (Å²) in [5.74, 6) is -0.331. The number of ether oxygens (including phenoxy) is 1. The van der Waals surface area contributed by atoms with Gasteiger partial charge in [-0.25, -0.2) is 4.39 Å². The number of alkyl halides is 3. The summed E-state index contributed by atoms with van der Waals surface area (Å²) in [7, 11) is 2.97. The van der Waals surface area contributed by atoms with Gasteiger partial charge in [-0.3, -0.25) is 15.1 Å². The second kappa shape index (κ2) is 11.5. The smallest absolute Gasteiger partial charge is 0.433 e. The van der Waals surface area contributed by atoms with E-state index in [4.69, 9.17) is 16.3 Å². The quantitative estimate of drug-likeness (QED) is 0.366. The van der Waals surface area contributed by atoms with E-state index in [0.717, 1.165) is 11.6 Å². The van der Waals surface area contributed by atoms with E-state index in [0.29, 0.717) is 34.7 Å². The highest BCUT2D eigenvalue weighted by Crippen LogP contribution is 2.32. The lowest BCUT2D eigenvalue weighted by Gasteiger charge is -2.26. The fourth-order valence-electron chi connectivity index (χ4n) is 3.61. The molecule has 2 atom stereocenters. The molecule has 0 saturated heterocycles. The number of pyridine rings is 1. The second-order valence-electron chi connectivity index (χ2n) is 7.80. The minimum absolute atomic E-state index is 0.335. The van der Waals surface area contributed by atoms with E-state index >= 15 is 0 Å². The Balaban J connectivity index is 1.91. The summed E-state index contributed by atoms with van der Waals surface area (Å²) in [6.45, 7) is 0. The molecule has 1 amide bonds. The lowest BCUT2D eigenvalue weighted by Crippen LogP contribution is -2.38. The van der Waals surface area contributed by atoms with Gasteiger partial charge in [-0.15, -0.1) is 0 Å². The summed E-state index contributed by atoms with van der Waals surface area (Å²) >= 11 is 6.17. The molecule has 1 heterocycles. The molecular weight excluding hydrogens is 486 g/mol. The molecule has 35 heavy (non-hydrogen) atoms. The van der Waals surface area contributed by atoms with E-state index in [1.165, 1.54) is 50.7 Å². The Morgan fingerprint density at radius 2 is 1.77 bits per heavy atom. The Morgan fingerprint density at radius 1 is 1.09 bits per heavy atom. The van der Waals surface area contributed by atoms with Gasteiger partial charge in [0.25, 0.3) is 0 Å².